The lowest BCUT2D eigenvalue weighted by Gasteiger charge is -2.16. The van der Waals surface area contributed by atoms with Gasteiger partial charge in [-0.25, -0.2) is 12.7 Å². The van der Waals surface area contributed by atoms with Gasteiger partial charge in [0.2, 0.25) is 10.0 Å². The molecule has 0 aliphatic carbocycles. The molecule has 1 N–H and O–H groups in total. The van der Waals surface area contributed by atoms with E-state index in [1.54, 1.807) is 43.3 Å². The van der Waals surface area contributed by atoms with Crippen molar-refractivity contribution < 1.29 is 17.9 Å². The Labute approximate surface area is 142 Å². The van der Waals surface area contributed by atoms with Crippen molar-refractivity contribution >= 4 is 21.6 Å². The molecule has 0 saturated heterocycles. The summed E-state index contributed by atoms with van der Waals surface area (Å²) in [5, 5.41) is 2.70. The van der Waals surface area contributed by atoms with Gasteiger partial charge in [-0.05, 0) is 37.3 Å². The first-order chi connectivity index (χ1) is 11.4. The zero-order valence-electron chi connectivity index (χ0n) is 13.8. The topological polar surface area (TPSA) is 75.7 Å². The van der Waals surface area contributed by atoms with Gasteiger partial charge >= 0.3 is 0 Å². The maximum absolute atomic E-state index is 12.5. The van der Waals surface area contributed by atoms with Crippen LogP contribution in [0.5, 0.6) is 5.75 Å². The number of sulfonamides is 1. The van der Waals surface area contributed by atoms with Crippen LogP contribution in [0.2, 0.25) is 0 Å². The van der Waals surface area contributed by atoms with Gasteiger partial charge in [-0.15, -0.1) is 0 Å². The van der Waals surface area contributed by atoms with Crippen molar-refractivity contribution in [3.8, 4) is 5.75 Å². The molecular weight excluding hydrogens is 328 g/mol. The molecule has 128 valence electrons. The summed E-state index contributed by atoms with van der Waals surface area (Å²) in [6.45, 7) is 2.11. The number of nitrogens with zero attached hydrogens (tertiary/aromatic N) is 1. The monoisotopic (exact) mass is 348 g/mol. The van der Waals surface area contributed by atoms with Gasteiger partial charge in [0.1, 0.15) is 10.6 Å². The van der Waals surface area contributed by atoms with Crippen molar-refractivity contribution in [1.29, 1.82) is 0 Å². The zero-order valence-corrected chi connectivity index (χ0v) is 14.6. The Balaban J connectivity index is 2.38. The van der Waals surface area contributed by atoms with Crippen molar-refractivity contribution in [2.24, 2.45) is 0 Å². The maximum Gasteiger partial charge on any atom is 0.255 e. The molecule has 2 aromatic rings. The summed E-state index contributed by atoms with van der Waals surface area (Å²) >= 11 is 0. The van der Waals surface area contributed by atoms with Crippen molar-refractivity contribution in [2.45, 2.75) is 11.8 Å². The van der Waals surface area contributed by atoms with Crippen LogP contribution in [0.15, 0.2) is 53.4 Å². The van der Waals surface area contributed by atoms with Crippen LogP contribution in [0.4, 0.5) is 5.69 Å². The normalized spacial score (nSPS) is 11.3. The highest BCUT2D eigenvalue weighted by Crippen LogP contribution is 2.29. The second kappa shape index (κ2) is 7.46. The van der Waals surface area contributed by atoms with E-state index in [2.05, 4.69) is 5.32 Å². The molecule has 24 heavy (non-hydrogen) atoms. The fraction of sp³-hybridized carbons (Fsp3) is 0.235. The van der Waals surface area contributed by atoms with Crippen molar-refractivity contribution in [1.82, 2.24) is 4.31 Å². The minimum Gasteiger partial charge on any atom is -0.492 e. The Morgan fingerprint density at radius 2 is 1.79 bits per heavy atom. The first-order valence-corrected chi connectivity index (χ1v) is 8.86. The lowest BCUT2D eigenvalue weighted by Crippen LogP contribution is -2.23. The predicted molar refractivity (Wildman–Crippen MR) is 92.9 cm³/mol. The highest BCUT2D eigenvalue weighted by molar-refractivity contribution is 7.89. The second-order valence-corrected chi connectivity index (χ2v) is 7.32. The molecule has 7 heteroatoms. The van der Waals surface area contributed by atoms with Crippen LogP contribution in [0.25, 0.3) is 0 Å². The fourth-order valence-corrected chi connectivity index (χ4v) is 3.10. The molecule has 2 aromatic carbocycles. The Kier molecular flexibility index (Phi) is 5.58. The van der Waals surface area contributed by atoms with Gasteiger partial charge in [-0.1, -0.05) is 18.2 Å². The molecule has 0 saturated carbocycles. The predicted octanol–water partition coefficient (Wildman–Crippen LogP) is 2.59. The van der Waals surface area contributed by atoms with E-state index in [4.69, 9.17) is 4.74 Å². The van der Waals surface area contributed by atoms with Crippen LogP contribution in [0.3, 0.4) is 0 Å². The van der Waals surface area contributed by atoms with Crippen molar-refractivity contribution in [3.63, 3.8) is 0 Å². The Morgan fingerprint density at radius 3 is 2.38 bits per heavy atom. The molecule has 0 bridgehead atoms. The number of benzene rings is 2. The second-order valence-electron chi connectivity index (χ2n) is 5.20. The van der Waals surface area contributed by atoms with Crippen LogP contribution < -0.4 is 10.1 Å². The molecule has 0 spiro atoms. The van der Waals surface area contributed by atoms with Crippen molar-refractivity contribution in [2.75, 3.05) is 26.0 Å². The third kappa shape index (κ3) is 3.93. The van der Waals surface area contributed by atoms with Gasteiger partial charge < -0.3 is 10.1 Å². The highest BCUT2D eigenvalue weighted by atomic mass is 32.2. The number of rotatable bonds is 6. The minimum absolute atomic E-state index is 0.0141. The quantitative estimate of drug-likeness (QED) is 0.870. The van der Waals surface area contributed by atoms with Crippen LogP contribution in [0.1, 0.15) is 17.3 Å². The third-order valence-corrected chi connectivity index (χ3v) is 5.13. The van der Waals surface area contributed by atoms with Gasteiger partial charge in [-0.2, -0.15) is 0 Å². The zero-order chi connectivity index (χ0) is 17.7. The van der Waals surface area contributed by atoms with E-state index in [1.165, 1.54) is 20.2 Å². The molecule has 0 aromatic heterocycles. The summed E-state index contributed by atoms with van der Waals surface area (Å²) in [4.78, 5) is 12.2. The summed E-state index contributed by atoms with van der Waals surface area (Å²) in [5.41, 5.74) is 0.871. The van der Waals surface area contributed by atoms with E-state index in [0.717, 1.165) is 4.31 Å². The number of ether oxygens (including phenoxy) is 1. The van der Waals surface area contributed by atoms with Gasteiger partial charge in [0.25, 0.3) is 5.91 Å². The number of hydrogen-bond acceptors (Lipinski definition) is 4. The Morgan fingerprint density at radius 1 is 1.12 bits per heavy atom. The minimum atomic E-state index is -3.70. The lowest BCUT2D eigenvalue weighted by molar-refractivity contribution is 0.102. The SMILES string of the molecule is CCOc1ccc(NC(=O)c2ccccc2)cc1S(=O)(=O)N(C)C. The van der Waals surface area contributed by atoms with Crippen LogP contribution in [-0.4, -0.2) is 39.3 Å². The van der Waals surface area contributed by atoms with Crippen LogP contribution >= 0.6 is 0 Å². The number of nitrogens with one attached hydrogen (secondary N) is 1. The van der Waals surface area contributed by atoms with E-state index < -0.39 is 10.0 Å². The number of amides is 1. The van der Waals surface area contributed by atoms with E-state index in [1.807, 2.05) is 6.07 Å². The maximum atomic E-state index is 12.5. The number of carbonyl (C=O) groups excluding carboxylic acids is 1. The molecule has 6 nitrogen and oxygen atoms in total. The third-order valence-electron chi connectivity index (χ3n) is 3.30. The molecule has 0 fully saturated rings. The number of anilines is 1. The number of carbonyl (C=O) groups is 1. The van der Waals surface area contributed by atoms with Crippen LogP contribution in [-0.2, 0) is 10.0 Å². The van der Waals surface area contributed by atoms with Gasteiger partial charge in [-0.3, -0.25) is 4.79 Å². The van der Waals surface area contributed by atoms with Crippen molar-refractivity contribution in [3.05, 3.63) is 54.1 Å². The molecule has 0 aliphatic rings. The van der Waals surface area contributed by atoms with Gasteiger partial charge in [0, 0.05) is 25.3 Å². The van der Waals surface area contributed by atoms with E-state index in [0.29, 0.717) is 17.9 Å². The van der Waals surface area contributed by atoms with Gasteiger partial charge in [0.15, 0.2) is 0 Å². The van der Waals surface area contributed by atoms with E-state index >= 15 is 0 Å². The standard InChI is InChI=1S/C17H20N2O4S/c1-4-23-15-11-10-14(12-16(15)24(21,22)19(2)3)18-17(20)13-8-6-5-7-9-13/h5-12H,4H2,1-3H3,(H,18,20). The molecule has 0 unspecified atom stereocenters. The molecule has 2 rings (SSSR count). The molecular formula is C17H20N2O4S. The van der Waals surface area contributed by atoms with Crippen LogP contribution in [0, 0.1) is 0 Å². The molecule has 0 radical (unpaired) electrons. The fourth-order valence-electron chi connectivity index (χ4n) is 2.05. The Hall–Kier alpha value is -2.38. The van der Waals surface area contributed by atoms with E-state index in [-0.39, 0.29) is 16.6 Å². The lowest BCUT2D eigenvalue weighted by atomic mass is 10.2. The molecule has 1 amide bonds. The summed E-state index contributed by atoms with van der Waals surface area (Å²) in [6, 6.07) is 13.3. The summed E-state index contributed by atoms with van der Waals surface area (Å²) < 4.78 is 31.4. The first-order valence-electron chi connectivity index (χ1n) is 7.42. The smallest absolute Gasteiger partial charge is 0.255 e. The molecule has 0 atom stereocenters. The largest absolute Gasteiger partial charge is 0.492 e. The van der Waals surface area contributed by atoms with E-state index in [9.17, 15) is 13.2 Å². The highest BCUT2D eigenvalue weighted by Gasteiger charge is 2.23. The molecule has 0 heterocycles. The molecule has 0 aliphatic heterocycles. The summed E-state index contributed by atoms with van der Waals surface area (Å²) in [7, 11) is -0.806. The summed E-state index contributed by atoms with van der Waals surface area (Å²) in [6.07, 6.45) is 0. The number of hydrogen-bond donors (Lipinski definition) is 1. The van der Waals surface area contributed by atoms with Gasteiger partial charge in [0.05, 0.1) is 6.61 Å². The Bertz CT molecular complexity index is 818. The average molecular weight is 348 g/mol. The first kappa shape index (κ1) is 18.0. The average Bonchev–Trinajstić information content (AvgIpc) is 2.57. The summed E-state index contributed by atoms with van der Waals surface area (Å²) in [5.74, 6) is -0.0585.